The zero-order valence-corrected chi connectivity index (χ0v) is 14.2. The number of aryl methyl sites for hydroxylation is 2. The van der Waals surface area contributed by atoms with Crippen LogP contribution in [0.2, 0.25) is 0 Å². The van der Waals surface area contributed by atoms with E-state index in [2.05, 4.69) is 4.98 Å². The lowest BCUT2D eigenvalue weighted by atomic mass is 10.1. The van der Waals surface area contributed by atoms with E-state index in [0.717, 1.165) is 5.01 Å². The number of esters is 1. The number of carbonyl (C=O) groups is 2. The number of hydrogen-bond acceptors (Lipinski definition) is 7. The van der Waals surface area contributed by atoms with Crippen LogP contribution in [0.25, 0.3) is 0 Å². The first kappa shape index (κ1) is 17.0. The summed E-state index contributed by atoms with van der Waals surface area (Å²) in [7, 11) is 2.97. The van der Waals surface area contributed by atoms with E-state index in [1.54, 1.807) is 32.0 Å². The molecule has 122 valence electrons. The van der Waals surface area contributed by atoms with Crippen LogP contribution >= 0.6 is 11.3 Å². The Morgan fingerprint density at radius 1 is 1.17 bits per heavy atom. The number of rotatable bonds is 6. The molecule has 2 rings (SSSR count). The zero-order chi connectivity index (χ0) is 17.0. The van der Waals surface area contributed by atoms with Crippen LogP contribution in [0, 0.1) is 13.8 Å². The SMILES string of the molecule is COc1ccc(OC)c(C(=O)COC(=O)c2sc(C)nc2C)c1. The van der Waals surface area contributed by atoms with Crippen molar-refractivity contribution in [2.45, 2.75) is 13.8 Å². The second-order valence-electron chi connectivity index (χ2n) is 4.71. The summed E-state index contributed by atoms with van der Waals surface area (Å²) in [6.45, 7) is 3.16. The van der Waals surface area contributed by atoms with Gasteiger partial charge in [-0.25, -0.2) is 9.78 Å². The Kier molecular flexibility index (Phi) is 5.33. The van der Waals surface area contributed by atoms with E-state index in [-0.39, 0.29) is 12.4 Å². The van der Waals surface area contributed by atoms with Crippen molar-refractivity contribution in [3.05, 3.63) is 39.3 Å². The smallest absolute Gasteiger partial charge is 0.350 e. The van der Waals surface area contributed by atoms with Crippen molar-refractivity contribution < 1.29 is 23.8 Å². The summed E-state index contributed by atoms with van der Waals surface area (Å²) in [6, 6.07) is 4.87. The molecular formula is C16H17NO5S. The van der Waals surface area contributed by atoms with Crippen LogP contribution in [-0.2, 0) is 4.74 Å². The molecule has 0 saturated heterocycles. The van der Waals surface area contributed by atoms with Gasteiger partial charge < -0.3 is 14.2 Å². The van der Waals surface area contributed by atoms with Crippen LogP contribution in [0.1, 0.15) is 30.7 Å². The lowest BCUT2D eigenvalue weighted by Crippen LogP contribution is -2.15. The number of methoxy groups -OCH3 is 2. The summed E-state index contributed by atoms with van der Waals surface area (Å²) in [4.78, 5) is 28.9. The number of ether oxygens (including phenoxy) is 3. The molecule has 0 N–H and O–H groups in total. The minimum atomic E-state index is -0.552. The van der Waals surface area contributed by atoms with Gasteiger partial charge in [0.25, 0.3) is 0 Å². The number of aromatic nitrogens is 1. The molecule has 0 radical (unpaired) electrons. The first-order valence-corrected chi connectivity index (χ1v) is 7.64. The molecular weight excluding hydrogens is 318 g/mol. The Hall–Kier alpha value is -2.41. The molecule has 0 unspecified atom stereocenters. The number of thiazole rings is 1. The maximum Gasteiger partial charge on any atom is 0.350 e. The van der Waals surface area contributed by atoms with E-state index in [0.29, 0.717) is 27.6 Å². The predicted octanol–water partition coefficient (Wildman–Crippen LogP) is 2.82. The molecule has 23 heavy (non-hydrogen) atoms. The van der Waals surface area contributed by atoms with Crippen LogP contribution in [0.5, 0.6) is 11.5 Å². The van der Waals surface area contributed by atoms with Crippen molar-refractivity contribution in [1.82, 2.24) is 4.98 Å². The number of hydrogen-bond donors (Lipinski definition) is 0. The van der Waals surface area contributed by atoms with Gasteiger partial charge in [0.15, 0.2) is 6.61 Å². The molecule has 6 nitrogen and oxygen atoms in total. The Morgan fingerprint density at radius 3 is 2.48 bits per heavy atom. The summed E-state index contributed by atoms with van der Waals surface area (Å²) < 4.78 is 15.3. The largest absolute Gasteiger partial charge is 0.497 e. The number of ketones is 1. The highest BCUT2D eigenvalue weighted by atomic mass is 32.1. The fraction of sp³-hybridized carbons (Fsp3) is 0.312. The molecule has 0 aliphatic rings. The minimum absolute atomic E-state index is 0.303. The maximum atomic E-state index is 12.3. The Balaban J connectivity index is 2.10. The summed E-state index contributed by atoms with van der Waals surface area (Å²) in [5, 5.41) is 0.773. The van der Waals surface area contributed by atoms with Gasteiger partial charge in [0.1, 0.15) is 16.4 Å². The molecule has 0 aliphatic heterocycles. The normalized spacial score (nSPS) is 10.3. The third kappa shape index (κ3) is 3.87. The highest BCUT2D eigenvalue weighted by Gasteiger charge is 2.19. The molecule has 0 bridgehead atoms. The average Bonchev–Trinajstić information content (AvgIpc) is 2.90. The van der Waals surface area contributed by atoms with Crippen molar-refractivity contribution in [3.63, 3.8) is 0 Å². The number of benzene rings is 1. The van der Waals surface area contributed by atoms with Crippen molar-refractivity contribution in [2.75, 3.05) is 20.8 Å². The van der Waals surface area contributed by atoms with Gasteiger partial charge >= 0.3 is 5.97 Å². The van der Waals surface area contributed by atoms with Crippen LogP contribution in [0.3, 0.4) is 0 Å². The summed E-state index contributed by atoms with van der Waals surface area (Å²) in [5.41, 5.74) is 0.903. The fourth-order valence-corrected chi connectivity index (χ4v) is 2.84. The van der Waals surface area contributed by atoms with E-state index in [1.807, 2.05) is 0 Å². The van der Waals surface area contributed by atoms with Crippen molar-refractivity contribution in [1.29, 1.82) is 0 Å². The molecule has 0 amide bonds. The number of Topliss-reactive ketones (excluding diaryl/α,β-unsaturated/α-hetero) is 1. The van der Waals surface area contributed by atoms with E-state index in [9.17, 15) is 9.59 Å². The van der Waals surface area contributed by atoms with E-state index in [4.69, 9.17) is 14.2 Å². The van der Waals surface area contributed by atoms with Gasteiger partial charge in [-0.05, 0) is 32.0 Å². The Bertz CT molecular complexity index is 738. The van der Waals surface area contributed by atoms with Crippen molar-refractivity contribution in [2.24, 2.45) is 0 Å². The lowest BCUT2D eigenvalue weighted by molar-refractivity contribution is 0.0477. The zero-order valence-electron chi connectivity index (χ0n) is 13.3. The summed E-state index contributed by atoms with van der Waals surface area (Å²) >= 11 is 1.24. The van der Waals surface area contributed by atoms with Crippen molar-refractivity contribution in [3.8, 4) is 11.5 Å². The molecule has 0 fully saturated rings. The first-order valence-electron chi connectivity index (χ1n) is 6.82. The molecule has 1 aromatic heterocycles. The predicted molar refractivity (Wildman–Crippen MR) is 85.7 cm³/mol. The third-order valence-electron chi connectivity index (χ3n) is 3.13. The molecule has 1 aromatic carbocycles. The molecule has 1 heterocycles. The van der Waals surface area contributed by atoms with Crippen LogP contribution in [-0.4, -0.2) is 37.6 Å². The van der Waals surface area contributed by atoms with Gasteiger partial charge in [-0.1, -0.05) is 0 Å². The standard InChI is InChI=1S/C16H17NO5S/c1-9-15(23-10(2)17-9)16(19)22-8-13(18)12-7-11(20-3)5-6-14(12)21-4/h5-7H,8H2,1-4H3. The second kappa shape index (κ2) is 7.23. The van der Waals surface area contributed by atoms with Crippen LogP contribution < -0.4 is 9.47 Å². The minimum Gasteiger partial charge on any atom is -0.497 e. The van der Waals surface area contributed by atoms with Crippen molar-refractivity contribution >= 4 is 23.1 Å². The summed E-state index contributed by atoms with van der Waals surface area (Å²) in [5.74, 6) is 0.00219. The summed E-state index contributed by atoms with van der Waals surface area (Å²) in [6.07, 6.45) is 0. The topological polar surface area (TPSA) is 74.7 Å². The third-order valence-corrected chi connectivity index (χ3v) is 4.18. The molecule has 0 spiro atoms. The molecule has 0 saturated carbocycles. The molecule has 0 aliphatic carbocycles. The molecule has 7 heteroatoms. The highest BCUT2D eigenvalue weighted by molar-refractivity contribution is 7.13. The van der Waals surface area contributed by atoms with E-state index in [1.165, 1.54) is 25.6 Å². The quantitative estimate of drug-likeness (QED) is 0.597. The van der Waals surface area contributed by atoms with Gasteiger partial charge in [-0.3, -0.25) is 4.79 Å². The lowest BCUT2D eigenvalue weighted by Gasteiger charge is -2.10. The van der Waals surface area contributed by atoms with E-state index >= 15 is 0 Å². The number of carbonyl (C=O) groups excluding carboxylic acids is 2. The average molecular weight is 335 g/mol. The van der Waals surface area contributed by atoms with Crippen LogP contribution in [0.4, 0.5) is 0 Å². The van der Waals surface area contributed by atoms with E-state index < -0.39 is 5.97 Å². The second-order valence-corrected chi connectivity index (χ2v) is 5.92. The molecule has 0 atom stereocenters. The van der Waals surface area contributed by atoms with Gasteiger partial charge in [-0.15, -0.1) is 11.3 Å². The fourth-order valence-electron chi connectivity index (χ4n) is 2.03. The Labute approximate surface area is 138 Å². The molecule has 2 aromatic rings. The highest BCUT2D eigenvalue weighted by Crippen LogP contribution is 2.25. The van der Waals surface area contributed by atoms with Gasteiger partial charge in [-0.2, -0.15) is 0 Å². The maximum absolute atomic E-state index is 12.3. The monoisotopic (exact) mass is 335 g/mol. The Morgan fingerprint density at radius 2 is 1.91 bits per heavy atom. The van der Waals surface area contributed by atoms with Crippen LogP contribution in [0.15, 0.2) is 18.2 Å². The van der Waals surface area contributed by atoms with Gasteiger partial charge in [0.2, 0.25) is 5.78 Å². The first-order chi connectivity index (χ1) is 11.0. The van der Waals surface area contributed by atoms with Gasteiger partial charge in [0.05, 0.1) is 30.5 Å². The number of nitrogens with zero attached hydrogens (tertiary/aromatic N) is 1. The van der Waals surface area contributed by atoms with Gasteiger partial charge in [0, 0.05) is 0 Å².